The minimum atomic E-state index is -4.70. The number of halogens is 3. The van der Waals surface area contributed by atoms with Gasteiger partial charge in [0.1, 0.15) is 17.1 Å². The molecule has 0 bridgehead atoms. The number of hydrogen-bond acceptors (Lipinski definition) is 4. The minimum absolute atomic E-state index is 0.182. The lowest BCUT2D eigenvalue weighted by molar-refractivity contribution is -0.274. The van der Waals surface area contributed by atoms with Gasteiger partial charge in [-0.25, -0.2) is 4.98 Å². The SMILES string of the molecule is CCc1nc2cc(C)ccn2c1C(=O)NCc1ccc(NCc2ccc(OC(F)(F)F)cc2)cc1. The third-order valence-electron chi connectivity index (χ3n) is 5.46. The summed E-state index contributed by atoms with van der Waals surface area (Å²) >= 11 is 0. The summed E-state index contributed by atoms with van der Waals surface area (Å²) < 4.78 is 42.5. The van der Waals surface area contributed by atoms with Crippen LogP contribution in [0, 0.1) is 6.92 Å². The number of nitrogens with one attached hydrogen (secondary N) is 2. The standard InChI is InChI=1S/C26H25F3N4O2/c1-3-22-24(33-13-12-17(2)14-23(33)32-22)25(34)31-16-18-4-8-20(9-5-18)30-15-19-6-10-21(11-7-19)35-26(27,28)29/h4-14,30H,3,15-16H2,1-2H3,(H,31,34). The molecule has 6 nitrogen and oxygen atoms in total. The number of anilines is 1. The second-order valence-corrected chi connectivity index (χ2v) is 8.12. The van der Waals surface area contributed by atoms with E-state index in [0.717, 1.165) is 33.7 Å². The molecular formula is C26H25F3N4O2. The van der Waals surface area contributed by atoms with Crippen LogP contribution in [0.2, 0.25) is 0 Å². The van der Waals surface area contributed by atoms with Crippen molar-refractivity contribution in [2.75, 3.05) is 5.32 Å². The van der Waals surface area contributed by atoms with Crippen LogP contribution in [0.15, 0.2) is 66.9 Å². The van der Waals surface area contributed by atoms with Gasteiger partial charge in [-0.2, -0.15) is 0 Å². The molecule has 2 N–H and O–H groups in total. The Morgan fingerprint density at radius 1 is 1.00 bits per heavy atom. The number of aryl methyl sites for hydroxylation is 2. The highest BCUT2D eigenvalue weighted by atomic mass is 19.4. The minimum Gasteiger partial charge on any atom is -0.406 e. The third-order valence-corrected chi connectivity index (χ3v) is 5.46. The number of amides is 1. The molecule has 0 spiro atoms. The first-order valence-corrected chi connectivity index (χ1v) is 11.1. The molecule has 2 aromatic heterocycles. The Kier molecular flexibility index (Phi) is 6.95. The summed E-state index contributed by atoms with van der Waals surface area (Å²) in [5, 5.41) is 6.19. The number of alkyl halides is 3. The molecule has 0 atom stereocenters. The summed E-state index contributed by atoms with van der Waals surface area (Å²) in [5.41, 5.74) is 5.73. The molecular weight excluding hydrogens is 457 g/mol. The van der Waals surface area contributed by atoms with Gasteiger partial charge in [-0.3, -0.25) is 9.20 Å². The molecule has 35 heavy (non-hydrogen) atoms. The van der Waals surface area contributed by atoms with E-state index in [2.05, 4.69) is 20.4 Å². The zero-order chi connectivity index (χ0) is 25.0. The van der Waals surface area contributed by atoms with Crippen molar-refractivity contribution in [2.24, 2.45) is 0 Å². The Bertz CT molecular complexity index is 1310. The number of imidazole rings is 1. The highest BCUT2D eigenvalue weighted by molar-refractivity contribution is 5.94. The van der Waals surface area contributed by atoms with E-state index < -0.39 is 6.36 Å². The zero-order valence-electron chi connectivity index (χ0n) is 19.3. The van der Waals surface area contributed by atoms with Crippen LogP contribution in [0.25, 0.3) is 5.65 Å². The van der Waals surface area contributed by atoms with Crippen molar-refractivity contribution in [2.45, 2.75) is 39.7 Å². The van der Waals surface area contributed by atoms with Gasteiger partial charge in [0, 0.05) is 25.0 Å². The Hall–Kier alpha value is -4.01. The Labute approximate surface area is 200 Å². The van der Waals surface area contributed by atoms with Crippen molar-refractivity contribution in [3.8, 4) is 5.75 Å². The van der Waals surface area contributed by atoms with Crippen LogP contribution >= 0.6 is 0 Å². The lowest BCUT2D eigenvalue weighted by atomic mass is 10.1. The van der Waals surface area contributed by atoms with Crippen LogP contribution in [0.5, 0.6) is 5.75 Å². The maximum atomic E-state index is 12.9. The van der Waals surface area contributed by atoms with Crippen LogP contribution in [0.4, 0.5) is 18.9 Å². The first-order valence-electron chi connectivity index (χ1n) is 11.1. The van der Waals surface area contributed by atoms with Gasteiger partial charge in [-0.05, 0) is 66.4 Å². The highest BCUT2D eigenvalue weighted by Crippen LogP contribution is 2.23. The fourth-order valence-corrected chi connectivity index (χ4v) is 3.70. The molecule has 0 aliphatic heterocycles. The Balaban J connectivity index is 1.33. The number of hydrogen-bond donors (Lipinski definition) is 2. The molecule has 0 radical (unpaired) electrons. The Morgan fingerprint density at radius 3 is 2.31 bits per heavy atom. The van der Waals surface area contributed by atoms with Gasteiger partial charge >= 0.3 is 6.36 Å². The van der Waals surface area contributed by atoms with Crippen molar-refractivity contribution in [1.82, 2.24) is 14.7 Å². The van der Waals surface area contributed by atoms with E-state index in [-0.39, 0.29) is 11.7 Å². The fourth-order valence-electron chi connectivity index (χ4n) is 3.70. The average Bonchev–Trinajstić information content (AvgIpc) is 3.19. The summed E-state index contributed by atoms with van der Waals surface area (Å²) in [7, 11) is 0. The van der Waals surface area contributed by atoms with Crippen LogP contribution < -0.4 is 15.4 Å². The molecule has 0 unspecified atom stereocenters. The summed E-state index contributed by atoms with van der Waals surface area (Å²) in [6, 6.07) is 17.2. The summed E-state index contributed by atoms with van der Waals surface area (Å²) in [5.74, 6) is -0.434. The van der Waals surface area contributed by atoms with Gasteiger partial charge in [0.2, 0.25) is 0 Å². The number of carbonyl (C=O) groups excluding carboxylic acids is 1. The number of nitrogens with zero attached hydrogens (tertiary/aromatic N) is 2. The van der Waals surface area contributed by atoms with E-state index in [1.807, 2.05) is 60.8 Å². The number of rotatable bonds is 8. The van der Waals surface area contributed by atoms with Crippen molar-refractivity contribution in [1.29, 1.82) is 0 Å². The van der Waals surface area contributed by atoms with Crippen LogP contribution in [0.3, 0.4) is 0 Å². The molecule has 9 heteroatoms. The molecule has 0 aliphatic carbocycles. The van der Waals surface area contributed by atoms with Crippen molar-refractivity contribution in [3.05, 3.63) is 94.9 Å². The number of aromatic nitrogens is 2. The van der Waals surface area contributed by atoms with Crippen molar-refractivity contribution >= 4 is 17.2 Å². The fraction of sp³-hybridized carbons (Fsp3) is 0.231. The maximum Gasteiger partial charge on any atom is 0.573 e. The van der Waals surface area contributed by atoms with E-state index in [1.165, 1.54) is 12.1 Å². The molecule has 4 aromatic rings. The molecule has 182 valence electrons. The molecule has 2 heterocycles. The summed E-state index contributed by atoms with van der Waals surface area (Å²) in [4.78, 5) is 17.5. The predicted molar refractivity (Wildman–Crippen MR) is 127 cm³/mol. The predicted octanol–water partition coefficient (Wildman–Crippen LogP) is 5.65. The second kappa shape index (κ2) is 10.1. The van der Waals surface area contributed by atoms with Crippen LogP contribution in [-0.2, 0) is 19.5 Å². The third kappa shape index (κ3) is 6.11. The second-order valence-electron chi connectivity index (χ2n) is 8.12. The lowest BCUT2D eigenvalue weighted by Crippen LogP contribution is -2.25. The molecule has 2 aromatic carbocycles. The first-order chi connectivity index (χ1) is 16.7. The van der Waals surface area contributed by atoms with Gasteiger partial charge < -0.3 is 15.4 Å². The van der Waals surface area contributed by atoms with Crippen molar-refractivity contribution in [3.63, 3.8) is 0 Å². The topological polar surface area (TPSA) is 67.7 Å². The number of pyridine rings is 1. The van der Waals surface area contributed by atoms with Gasteiger partial charge in [0.15, 0.2) is 0 Å². The van der Waals surface area contributed by atoms with Gasteiger partial charge in [0.05, 0.1) is 5.69 Å². The monoisotopic (exact) mass is 482 g/mol. The zero-order valence-corrected chi connectivity index (χ0v) is 19.3. The van der Waals surface area contributed by atoms with Crippen molar-refractivity contribution < 1.29 is 22.7 Å². The number of fused-ring (bicyclic) bond motifs is 1. The normalized spacial score (nSPS) is 11.5. The van der Waals surface area contributed by atoms with Crippen LogP contribution in [0.1, 0.15) is 39.8 Å². The van der Waals surface area contributed by atoms with Gasteiger partial charge in [0.25, 0.3) is 5.91 Å². The van der Waals surface area contributed by atoms with E-state index in [9.17, 15) is 18.0 Å². The largest absolute Gasteiger partial charge is 0.573 e. The number of ether oxygens (including phenoxy) is 1. The lowest BCUT2D eigenvalue weighted by Gasteiger charge is -2.11. The van der Waals surface area contributed by atoms with E-state index in [4.69, 9.17) is 0 Å². The van der Waals surface area contributed by atoms with E-state index in [1.54, 1.807) is 12.1 Å². The van der Waals surface area contributed by atoms with Gasteiger partial charge in [-0.1, -0.05) is 31.2 Å². The molecule has 1 amide bonds. The van der Waals surface area contributed by atoms with Gasteiger partial charge in [-0.15, -0.1) is 13.2 Å². The number of carbonyl (C=O) groups is 1. The quantitative estimate of drug-likeness (QED) is 0.341. The average molecular weight is 483 g/mol. The molecule has 0 aliphatic rings. The maximum absolute atomic E-state index is 12.9. The van der Waals surface area contributed by atoms with Crippen LogP contribution in [-0.4, -0.2) is 21.7 Å². The number of benzene rings is 2. The molecule has 0 saturated heterocycles. The molecule has 0 fully saturated rings. The Morgan fingerprint density at radius 2 is 1.66 bits per heavy atom. The van der Waals surface area contributed by atoms with E-state index in [0.29, 0.717) is 25.2 Å². The highest BCUT2D eigenvalue weighted by Gasteiger charge is 2.30. The van der Waals surface area contributed by atoms with E-state index >= 15 is 0 Å². The summed E-state index contributed by atoms with van der Waals surface area (Å²) in [6.45, 7) is 4.77. The smallest absolute Gasteiger partial charge is 0.406 e. The summed E-state index contributed by atoms with van der Waals surface area (Å²) in [6.07, 6.45) is -2.18. The first kappa shape index (κ1) is 24.1. The molecule has 4 rings (SSSR count). The molecule has 0 saturated carbocycles.